The third-order valence-electron chi connectivity index (χ3n) is 3.65. The summed E-state index contributed by atoms with van der Waals surface area (Å²) in [7, 11) is 1.42. The molecule has 0 unspecified atom stereocenters. The van der Waals surface area contributed by atoms with Gasteiger partial charge in [-0.05, 0) is 12.1 Å². The summed E-state index contributed by atoms with van der Waals surface area (Å²) < 4.78 is 21.1. The first-order chi connectivity index (χ1) is 13.1. The van der Waals surface area contributed by atoms with E-state index in [9.17, 15) is 9.59 Å². The quantitative estimate of drug-likeness (QED) is 0.287. The van der Waals surface area contributed by atoms with Crippen molar-refractivity contribution in [3.05, 3.63) is 73.3 Å². The third kappa shape index (κ3) is 4.07. The highest BCUT2D eigenvalue weighted by molar-refractivity contribution is 5.99. The van der Waals surface area contributed by atoms with Crippen LogP contribution in [0.4, 0.5) is 4.79 Å². The van der Waals surface area contributed by atoms with E-state index in [1.54, 1.807) is 54.6 Å². The number of benzene rings is 3. The average molecular weight is 364 g/mol. The number of ether oxygens (including phenoxy) is 4. The molecule has 0 amide bonds. The van der Waals surface area contributed by atoms with Crippen LogP contribution < -0.4 is 18.9 Å². The van der Waals surface area contributed by atoms with E-state index in [2.05, 4.69) is 6.58 Å². The molecule has 0 aliphatic carbocycles. The van der Waals surface area contributed by atoms with E-state index in [0.717, 1.165) is 6.08 Å². The summed E-state index contributed by atoms with van der Waals surface area (Å²) >= 11 is 0. The fraction of sp³-hybridized carbons (Fsp3) is 0.0476. The standard InChI is InChI=1S/C21H16O6/c1-3-19(22)27-20-16-12-8-7-11-15(16)17(13-18(20)24-2)26-21(23)25-14-9-5-4-6-10-14/h3-13H,1H2,2H3. The van der Waals surface area contributed by atoms with Gasteiger partial charge in [-0.15, -0.1) is 0 Å². The van der Waals surface area contributed by atoms with E-state index < -0.39 is 12.1 Å². The number of esters is 1. The lowest BCUT2D eigenvalue weighted by Gasteiger charge is -2.14. The summed E-state index contributed by atoms with van der Waals surface area (Å²) in [6.45, 7) is 3.39. The molecule has 3 aromatic carbocycles. The summed E-state index contributed by atoms with van der Waals surface area (Å²) in [4.78, 5) is 23.8. The lowest BCUT2D eigenvalue weighted by atomic mass is 10.1. The highest BCUT2D eigenvalue weighted by atomic mass is 16.7. The number of rotatable bonds is 5. The Morgan fingerprint density at radius 2 is 1.52 bits per heavy atom. The first-order valence-corrected chi connectivity index (χ1v) is 8.01. The molecule has 0 radical (unpaired) electrons. The van der Waals surface area contributed by atoms with E-state index in [-0.39, 0.29) is 17.2 Å². The maximum Gasteiger partial charge on any atom is 0.519 e. The van der Waals surface area contributed by atoms with E-state index in [4.69, 9.17) is 18.9 Å². The fourth-order valence-corrected chi connectivity index (χ4v) is 2.47. The Kier molecular flexibility index (Phi) is 5.37. The first kappa shape index (κ1) is 18.0. The highest BCUT2D eigenvalue weighted by Crippen LogP contribution is 2.41. The number of carbonyl (C=O) groups is 2. The van der Waals surface area contributed by atoms with Crippen molar-refractivity contribution in [2.24, 2.45) is 0 Å². The summed E-state index contributed by atoms with van der Waals surface area (Å²) in [6.07, 6.45) is 0.153. The van der Waals surface area contributed by atoms with E-state index in [0.29, 0.717) is 16.5 Å². The van der Waals surface area contributed by atoms with Gasteiger partial charge in [0.1, 0.15) is 11.5 Å². The van der Waals surface area contributed by atoms with Gasteiger partial charge < -0.3 is 18.9 Å². The Labute approximate surface area is 155 Å². The number of hydrogen-bond acceptors (Lipinski definition) is 6. The van der Waals surface area contributed by atoms with Gasteiger partial charge in [0.25, 0.3) is 0 Å². The summed E-state index contributed by atoms with van der Waals surface area (Å²) in [6, 6.07) is 17.0. The first-order valence-electron chi connectivity index (χ1n) is 8.01. The molecule has 0 atom stereocenters. The van der Waals surface area contributed by atoms with Crippen LogP contribution in [0.3, 0.4) is 0 Å². The predicted molar refractivity (Wildman–Crippen MR) is 99.4 cm³/mol. The number of fused-ring (bicyclic) bond motifs is 1. The lowest BCUT2D eigenvalue weighted by molar-refractivity contribution is -0.128. The van der Waals surface area contributed by atoms with Crippen LogP contribution in [-0.4, -0.2) is 19.2 Å². The van der Waals surface area contributed by atoms with Crippen molar-refractivity contribution in [1.29, 1.82) is 0 Å². The Bertz CT molecular complexity index is 994. The maximum atomic E-state index is 12.2. The fourth-order valence-electron chi connectivity index (χ4n) is 2.47. The summed E-state index contributed by atoms with van der Waals surface area (Å²) in [5, 5.41) is 1.09. The number of para-hydroxylation sites is 1. The van der Waals surface area contributed by atoms with Gasteiger partial charge in [-0.2, -0.15) is 0 Å². The molecular formula is C21H16O6. The number of carbonyl (C=O) groups excluding carboxylic acids is 2. The highest BCUT2D eigenvalue weighted by Gasteiger charge is 2.19. The van der Waals surface area contributed by atoms with Crippen molar-refractivity contribution in [1.82, 2.24) is 0 Å². The van der Waals surface area contributed by atoms with Crippen LogP contribution in [0, 0.1) is 0 Å². The second-order valence-electron chi connectivity index (χ2n) is 5.34. The van der Waals surface area contributed by atoms with Crippen LogP contribution in [0.5, 0.6) is 23.0 Å². The SMILES string of the molecule is C=CC(=O)Oc1c(OC)cc(OC(=O)Oc2ccccc2)c2ccccc12. The Hall–Kier alpha value is -3.80. The molecule has 0 spiro atoms. The van der Waals surface area contributed by atoms with Gasteiger partial charge in [-0.25, -0.2) is 9.59 Å². The van der Waals surface area contributed by atoms with Crippen molar-refractivity contribution in [3.63, 3.8) is 0 Å². The van der Waals surface area contributed by atoms with Crippen LogP contribution >= 0.6 is 0 Å². The molecule has 0 aliphatic rings. The Morgan fingerprint density at radius 1 is 0.852 bits per heavy atom. The molecule has 27 heavy (non-hydrogen) atoms. The lowest BCUT2D eigenvalue weighted by Crippen LogP contribution is -2.14. The second kappa shape index (κ2) is 8.05. The minimum atomic E-state index is -0.899. The average Bonchev–Trinajstić information content (AvgIpc) is 2.70. The zero-order valence-corrected chi connectivity index (χ0v) is 14.5. The van der Waals surface area contributed by atoms with Crippen LogP contribution in [0.15, 0.2) is 73.3 Å². The molecule has 136 valence electrons. The molecule has 0 aliphatic heterocycles. The predicted octanol–water partition coefficient (Wildman–Crippen LogP) is 4.52. The van der Waals surface area contributed by atoms with Crippen molar-refractivity contribution in [2.45, 2.75) is 0 Å². The molecule has 0 N–H and O–H groups in total. The van der Waals surface area contributed by atoms with Crippen LogP contribution in [-0.2, 0) is 4.79 Å². The topological polar surface area (TPSA) is 71.1 Å². The molecule has 0 fully saturated rings. The van der Waals surface area contributed by atoms with Crippen molar-refractivity contribution >= 4 is 22.9 Å². The monoisotopic (exact) mass is 364 g/mol. The van der Waals surface area contributed by atoms with Crippen LogP contribution in [0.25, 0.3) is 10.8 Å². The Balaban J connectivity index is 1.98. The van der Waals surface area contributed by atoms with Crippen LogP contribution in [0.2, 0.25) is 0 Å². The zero-order valence-electron chi connectivity index (χ0n) is 14.5. The van der Waals surface area contributed by atoms with Crippen molar-refractivity contribution in [2.75, 3.05) is 7.11 Å². The van der Waals surface area contributed by atoms with Gasteiger partial charge in [0.05, 0.1) is 7.11 Å². The minimum Gasteiger partial charge on any atom is -0.493 e. The number of hydrogen-bond donors (Lipinski definition) is 0. The molecular weight excluding hydrogens is 348 g/mol. The zero-order chi connectivity index (χ0) is 19.2. The smallest absolute Gasteiger partial charge is 0.493 e. The molecule has 6 nitrogen and oxygen atoms in total. The molecule has 0 heterocycles. The minimum absolute atomic E-state index is 0.210. The van der Waals surface area contributed by atoms with E-state index >= 15 is 0 Å². The molecule has 0 saturated heterocycles. The molecule has 6 heteroatoms. The van der Waals surface area contributed by atoms with Gasteiger partial charge >= 0.3 is 12.1 Å². The molecule has 0 saturated carbocycles. The normalized spacial score (nSPS) is 10.1. The second-order valence-corrected chi connectivity index (χ2v) is 5.34. The maximum absolute atomic E-state index is 12.2. The van der Waals surface area contributed by atoms with E-state index in [1.807, 2.05) is 0 Å². The van der Waals surface area contributed by atoms with Gasteiger partial charge in [0.2, 0.25) is 0 Å². The summed E-state index contributed by atoms with van der Waals surface area (Å²) in [5.41, 5.74) is 0. The molecule has 0 aromatic heterocycles. The summed E-state index contributed by atoms with van der Waals surface area (Å²) in [5.74, 6) is 0.376. The third-order valence-corrected chi connectivity index (χ3v) is 3.65. The largest absolute Gasteiger partial charge is 0.519 e. The van der Waals surface area contributed by atoms with Gasteiger partial charge in [-0.1, -0.05) is 49.0 Å². The number of methoxy groups -OCH3 is 1. The van der Waals surface area contributed by atoms with Crippen molar-refractivity contribution in [3.8, 4) is 23.0 Å². The molecule has 0 bridgehead atoms. The van der Waals surface area contributed by atoms with Crippen LogP contribution in [0.1, 0.15) is 0 Å². The van der Waals surface area contributed by atoms with Gasteiger partial charge in [-0.3, -0.25) is 0 Å². The van der Waals surface area contributed by atoms with Gasteiger partial charge in [0.15, 0.2) is 11.5 Å². The van der Waals surface area contributed by atoms with Gasteiger partial charge in [0, 0.05) is 22.9 Å². The van der Waals surface area contributed by atoms with E-state index in [1.165, 1.54) is 13.2 Å². The van der Waals surface area contributed by atoms with Crippen molar-refractivity contribution < 1.29 is 28.5 Å². The Morgan fingerprint density at radius 3 is 2.19 bits per heavy atom. The molecule has 3 rings (SSSR count). The molecule has 3 aromatic rings.